The first kappa shape index (κ1) is 15.1. The van der Waals surface area contributed by atoms with E-state index in [9.17, 15) is 14.7 Å². The second-order valence-electron chi connectivity index (χ2n) is 5.42. The molecule has 1 aliphatic heterocycles. The lowest BCUT2D eigenvalue weighted by Gasteiger charge is -2.16. The lowest BCUT2D eigenvalue weighted by atomic mass is 10.1. The summed E-state index contributed by atoms with van der Waals surface area (Å²) in [6.45, 7) is 4.84. The number of anilines is 1. The van der Waals surface area contributed by atoms with Crippen molar-refractivity contribution in [2.24, 2.45) is 5.73 Å². The van der Waals surface area contributed by atoms with Crippen molar-refractivity contribution in [2.75, 3.05) is 18.4 Å². The van der Waals surface area contributed by atoms with Crippen molar-refractivity contribution >= 4 is 17.8 Å². The number of carboxylic acid groups (broad SMARTS) is 1. The number of pyridine rings is 1. The Morgan fingerprint density at radius 1 is 1.38 bits per heavy atom. The van der Waals surface area contributed by atoms with Crippen molar-refractivity contribution in [3.8, 4) is 0 Å². The molecule has 114 valence electrons. The molecule has 7 heteroatoms. The van der Waals surface area contributed by atoms with Gasteiger partial charge in [-0.05, 0) is 31.9 Å². The molecule has 0 aromatic carbocycles. The maximum absolute atomic E-state index is 11.4. The fourth-order valence-corrected chi connectivity index (χ4v) is 2.40. The molecule has 0 saturated carbocycles. The predicted octanol–water partition coefficient (Wildman–Crippen LogP) is 1.08. The first-order chi connectivity index (χ1) is 9.88. The van der Waals surface area contributed by atoms with Crippen LogP contribution in [-0.2, 0) is 12.8 Å². The minimum atomic E-state index is -1.01. The number of nitrogens with one attached hydrogen (secondary N) is 1. The number of amides is 2. The molecule has 2 rings (SSSR count). The summed E-state index contributed by atoms with van der Waals surface area (Å²) in [5.74, 6) is -0.631. The molecular formula is C14H20N4O3. The fraction of sp³-hybridized carbons (Fsp3) is 0.500. The number of aromatic nitrogens is 1. The SMILES string of the molecule is CC(C)Nc1nc2c(cc1C(=O)O)CCN(C(N)=O)CC2. The van der Waals surface area contributed by atoms with E-state index in [0.29, 0.717) is 31.7 Å². The van der Waals surface area contributed by atoms with Crippen LogP contribution in [0.2, 0.25) is 0 Å². The standard InChI is InChI=1S/C14H20N4O3/c1-8(2)16-12-10(13(19)20)7-9-3-5-18(14(15)21)6-4-11(9)17-12/h7-8H,3-6H2,1-2H3,(H2,15,21)(H,16,17)(H,19,20). The maximum atomic E-state index is 11.4. The highest BCUT2D eigenvalue weighted by atomic mass is 16.4. The molecule has 0 bridgehead atoms. The molecule has 1 aromatic rings. The summed E-state index contributed by atoms with van der Waals surface area (Å²) >= 11 is 0. The topological polar surface area (TPSA) is 109 Å². The number of carbonyl (C=O) groups excluding carboxylic acids is 1. The van der Waals surface area contributed by atoms with Crippen molar-refractivity contribution in [1.82, 2.24) is 9.88 Å². The summed E-state index contributed by atoms with van der Waals surface area (Å²) in [4.78, 5) is 28.7. The molecule has 21 heavy (non-hydrogen) atoms. The third-order valence-electron chi connectivity index (χ3n) is 3.43. The number of carbonyl (C=O) groups is 2. The highest BCUT2D eigenvalue weighted by molar-refractivity contribution is 5.93. The van der Waals surface area contributed by atoms with Gasteiger partial charge in [-0.3, -0.25) is 0 Å². The summed E-state index contributed by atoms with van der Waals surface area (Å²) in [5, 5.41) is 12.4. The smallest absolute Gasteiger partial charge is 0.339 e. The summed E-state index contributed by atoms with van der Waals surface area (Å²) in [6, 6.07) is 1.28. The molecule has 0 aliphatic carbocycles. The van der Waals surface area contributed by atoms with Crippen LogP contribution < -0.4 is 11.1 Å². The molecule has 1 aliphatic rings. The number of carboxylic acids is 1. The number of primary amides is 1. The molecule has 2 heterocycles. The largest absolute Gasteiger partial charge is 0.478 e. The van der Waals surface area contributed by atoms with Gasteiger partial charge in [0.1, 0.15) is 11.4 Å². The Labute approximate surface area is 123 Å². The third-order valence-corrected chi connectivity index (χ3v) is 3.43. The number of urea groups is 1. The highest BCUT2D eigenvalue weighted by Gasteiger charge is 2.21. The number of fused-ring (bicyclic) bond motifs is 1. The molecule has 4 N–H and O–H groups in total. The predicted molar refractivity (Wildman–Crippen MR) is 78.5 cm³/mol. The van der Waals surface area contributed by atoms with Crippen LogP contribution in [0.25, 0.3) is 0 Å². The summed E-state index contributed by atoms with van der Waals surface area (Å²) in [5.41, 5.74) is 7.16. The lowest BCUT2D eigenvalue weighted by molar-refractivity contribution is 0.0697. The van der Waals surface area contributed by atoms with E-state index < -0.39 is 12.0 Å². The molecular weight excluding hydrogens is 272 g/mol. The Bertz CT molecular complexity index is 572. The number of nitrogens with zero attached hydrogens (tertiary/aromatic N) is 2. The van der Waals surface area contributed by atoms with E-state index in [0.717, 1.165) is 11.3 Å². The molecule has 0 spiro atoms. The number of hydrogen-bond acceptors (Lipinski definition) is 4. The van der Waals surface area contributed by atoms with Crippen molar-refractivity contribution in [3.63, 3.8) is 0 Å². The van der Waals surface area contributed by atoms with Crippen LogP contribution in [0.4, 0.5) is 10.6 Å². The minimum absolute atomic E-state index is 0.0848. The Hall–Kier alpha value is -2.31. The number of nitrogens with two attached hydrogens (primary N) is 1. The zero-order valence-electron chi connectivity index (χ0n) is 12.2. The van der Waals surface area contributed by atoms with Gasteiger partial charge in [0.2, 0.25) is 0 Å². The first-order valence-corrected chi connectivity index (χ1v) is 6.95. The second kappa shape index (κ2) is 5.99. The monoisotopic (exact) mass is 292 g/mol. The summed E-state index contributed by atoms with van der Waals surface area (Å²) in [6.07, 6.45) is 1.14. The van der Waals surface area contributed by atoms with Gasteiger partial charge in [-0.25, -0.2) is 14.6 Å². The van der Waals surface area contributed by atoms with Crippen molar-refractivity contribution in [3.05, 3.63) is 22.9 Å². The van der Waals surface area contributed by atoms with Gasteiger partial charge in [-0.1, -0.05) is 0 Å². The molecule has 2 amide bonds. The van der Waals surface area contributed by atoms with Gasteiger partial charge in [-0.15, -0.1) is 0 Å². The molecule has 1 aromatic heterocycles. The molecule has 0 saturated heterocycles. The summed E-state index contributed by atoms with van der Waals surface area (Å²) < 4.78 is 0. The minimum Gasteiger partial charge on any atom is -0.478 e. The van der Waals surface area contributed by atoms with E-state index in [4.69, 9.17) is 5.73 Å². The Morgan fingerprint density at radius 2 is 2.05 bits per heavy atom. The van der Waals surface area contributed by atoms with Gasteiger partial charge in [-0.2, -0.15) is 0 Å². The molecule has 0 fully saturated rings. The van der Waals surface area contributed by atoms with Crippen LogP contribution in [0.5, 0.6) is 0 Å². The van der Waals surface area contributed by atoms with E-state index in [2.05, 4.69) is 10.3 Å². The Kier molecular flexibility index (Phi) is 4.30. The van der Waals surface area contributed by atoms with Gasteiger partial charge >= 0.3 is 12.0 Å². The van der Waals surface area contributed by atoms with Gasteiger partial charge in [0.15, 0.2) is 0 Å². The van der Waals surface area contributed by atoms with Crippen molar-refractivity contribution in [2.45, 2.75) is 32.7 Å². The Balaban J connectivity index is 2.37. The van der Waals surface area contributed by atoms with Gasteiger partial charge < -0.3 is 21.1 Å². The molecule has 0 radical (unpaired) electrons. The maximum Gasteiger partial charge on any atom is 0.339 e. The van der Waals surface area contributed by atoms with Crippen LogP contribution in [0.15, 0.2) is 6.07 Å². The third kappa shape index (κ3) is 3.42. The second-order valence-corrected chi connectivity index (χ2v) is 5.42. The zero-order chi connectivity index (χ0) is 15.6. The van der Waals surface area contributed by atoms with Crippen LogP contribution in [-0.4, -0.2) is 46.1 Å². The van der Waals surface area contributed by atoms with Crippen LogP contribution in [0, 0.1) is 0 Å². The van der Waals surface area contributed by atoms with Crippen molar-refractivity contribution < 1.29 is 14.7 Å². The normalized spacial score (nSPS) is 14.5. The van der Waals surface area contributed by atoms with E-state index in [1.165, 1.54) is 0 Å². The van der Waals surface area contributed by atoms with E-state index >= 15 is 0 Å². The first-order valence-electron chi connectivity index (χ1n) is 6.95. The lowest BCUT2D eigenvalue weighted by Crippen LogP contribution is -2.37. The van der Waals surface area contributed by atoms with Crippen LogP contribution >= 0.6 is 0 Å². The number of aromatic carboxylic acids is 1. The number of hydrogen-bond donors (Lipinski definition) is 3. The molecule has 0 unspecified atom stereocenters. The Morgan fingerprint density at radius 3 is 2.62 bits per heavy atom. The van der Waals surface area contributed by atoms with Gasteiger partial charge in [0.25, 0.3) is 0 Å². The average molecular weight is 292 g/mol. The van der Waals surface area contributed by atoms with Crippen molar-refractivity contribution in [1.29, 1.82) is 0 Å². The molecule has 0 atom stereocenters. The average Bonchev–Trinajstić information content (AvgIpc) is 2.58. The quantitative estimate of drug-likeness (QED) is 0.772. The summed E-state index contributed by atoms with van der Waals surface area (Å²) in [7, 11) is 0. The van der Waals surface area contributed by atoms with E-state index in [1.807, 2.05) is 13.8 Å². The zero-order valence-corrected chi connectivity index (χ0v) is 12.2. The highest BCUT2D eigenvalue weighted by Crippen LogP contribution is 2.22. The fourth-order valence-electron chi connectivity index (χ4n) is 2.40. The van der Waals surface area contributed by atoms with Crippen LogP contribution in [0.3, 0.4) is 0 Å². The van der Waals surface area contributed by atoms with E-state index in [1.54, 1.807) is 11.0 Å². The van der Waals surface area contributed by atoms with Gasteiger partial charge in [0, 0.05) is 31.2 Å². The molecule has 7 nitrogen and oxygen atoms in total. The van der Waals surface area contributed by atoms with Gasteiger partial charge in [0.05, 0.1) is 0 Å². The van der Waals surface area contributed by atoms with E-state index in [-0.39, 0.29) is 11.6 Å². The number of rotatable bonds is 3. The van der Waals surface area contributed by atoms with Crippen LogP contribution in [0.1, 0.15) is 35.5 Å².